The quantitative estimate of drug-likeness (QED) is 0.836. The normalized spacial score (nSPS) is 27.4. The van der Waals surface area contributed by atoms with Crippen molar-refractivity contribution in [3.63, 3.8) is 0 Å². The van der Waals surface area contributed by atoms with E-state index in [1.54, 1.807) is 22.6 Å². The van der Waals surface area contributed by atoms with Crippen molar-refractivity contribution >= 4 is 27.4 Å². The maximum absolute atomic E-state index is 11.6. The number of aromatic nitrogens is 2. The van der Waals surface area contributed by atoms with Crippen LogP contribution in [-0.4, -0.2) is 35.5 Å². The van der Waals surface area contributed by atoms with Crippen LogP contribution in [0.4, 0.5) is 5.82 Å². The van der Waals surface area contributed by atoms with Gasteiger partial charge in [0.05, 0.1) is 28.1 Å². The van der Waals surface area contributed by atoms with E-state index in [-0.39, 0.29) is 11.5 Å². The van der Waals surface area contributed by atoms with Crippen molar-refractivity contribution in [1.82, 2.24) is 9.78 Å². The molecule has 0 amide bonds. The van der Waals surface area contributed by atoms with Gasteiger partial charge in [-0.2, -0.15) is 5.10 Å². The molecule has 1 aromatic rings. The van der Waals surface area contributed by atoms with E-state index in [0.29, 0.717) is 12.2 Å². The van der Waals surface area contributed by atoms with Gasteiger partial charge in [-0.05, 0) is 19.1 Å². The molecule has 2 N–H and O–H groups in total. The van der Waals surface area contributed by atoms with Gasteiger partial charge in [-0.25, -0.2) is 13.1 Å². The van der Waals surface area contributed by atoms with E-state index < -0.39 is 15.4 Å². The molecule has 0 bridgehead atoms. The summed E-state index contributed by atoms with van der Waals surface area (Å²) in [6, 6.07) is 0. The van der Waals surface area contributed by atoms with Crippen LogP contribution in [0.3, 0.4) is 0 Å². The van der Waals surface area contributed by atoms with Gasteiger partial charge in [0.25, 0.3) is 0 Å². The molecule has 1 atom stereocenters. The molecule has 1 aromatic heterocycles. The Hall–Kier alpha value is -0.690. The van der Waals surface area contributed by atoms with E-state index in [9.17, 15) is 8.42 Å². The molecule has 0 aromatic carbocycles. The first-order chi connectivity index (χ1) is 7.88. The molecule has 96 valence electrons. The lowest BCUT2D eigenvalue weighted by atomic mass is 10.0. The summed E-state index contributed by atoms with van der Waals surface area (Å²) >= 11 is 1.62. The van der Waals surface area contributed by atoms with Gasteiger partial charge in [0.1, 0.15) is 5.82 Å². The number of sulfone groups is 1. The number of nitrogen functional groups attached to an aromatic ring is 1. The van der Waals surface area contributed by atoms with Gasteiger partial charge < -0.3 is 5.73 Å². The Morgan fingerprint density at radius 3 is 2.88 bits per heavy atom. The van der Waals surface area contributed by atoms with Gasteiger partial charge in [0.15, 0.2) is 9.84 Å². The van der Waals surface area contributed by atoms with Crippen LogP contribution in [0.1, 0.15) is 20.3 Å². The summed E-state index contributed by atoms with van der Waals surface area (Å²) in [5.41, 5.74) is 5.54. The molecule has 1 unspecified atom stereocenters. The average molecular weight is 275 g/mol. The lowest BCUT2D eigenvalue weighted by Crippen LogP contribution is -2.33. The van der Waals surface area contributed by atoms with E-state index in [0.717, 1.165) is 10.6 Å². The first-order valence-corrected chi connectivity index (χ1v) is 8.36. The Labute approximate surface area is 106 Å². The Morgan fingerprint density at radius 2 is 2.35 bits per heavy atom. The van der Waals surface area contributed by atoms with E-state index >= 15 is 0 Å². The van der Waals surface area contributed by atoms with Gasteiger partial charge >= 0.3 is 0 Å². The molecule has 0 saturated carbocycles. The predicted molar refractivity (Wildman–Crippen MR) is 70.0 cm³/mol. The fourth-order valence-electron chi connectivity index (χ4n) is 2.20. The van der Waals surface area contributed by atoms with E-state index in [2.05, 4.69) is 5.10 Å². The zero-order valence-corrected chi connectivity index (χ0v) is 11.6. The summed E-state index contributed by atoms with van der Waals surface area (Å²) in [6.45, 7) is 3.95. The van der Waals surface area contributed by atoms with Crippen LogP contribution in [0, 0.1) is 0 Å². The highest BCUT2D eigenvalue weighted by Gasteiger charge is 2.41. The summed E-state index contributed by atoms with van der Waals surface area (Å²) in [7, 11) is -2.95. The minimum absolute atomic E-state index is 0.127. The van der Waals surface area contributed by atoms with E-state index in [1.165, 1.54) is 0 Å². The van der Waals surface area contributed by atoms with Crippen LogP contribution >= 0.6 is 11.8 Å². The van der Waals surface area contributed by atoms with Gasteiger partial charge in [-0.3, -0.25) is 0 Å². The topological polar surface area (TPSA) is 78.0 Å². The predicted octanol–water partition coefficient (Wildman–Crippen LogP) is 1.11. The summed E-state index contributed by atoms with van der Waals surface area (Å²) in [5, 5.41) is 4.26. The number of hydrogen-bond donors (Lipinski definition) is 1. The molecule has 1 aliphatic rings. The molecular formula is C10H17N3O2S2. The lowest BCUT2D eigenvalue weighted by molar-refractivity contribution is 0.334. The SMILES string of the molecule is CCSc1cnn(C2(C)CCS(=O)(=O)C2)c1N. The summed E-state index contributed by atoms with van der Waals surface area (Å²) < 4.78 is 24.8. The second-order valence-electron chi connectivity index (χ2n) is 4.58. The van der Waals surface area contributed by atoms with E-state index in [4.69, 9.17) is 5.73 Å². The molecule has 17 heavy (non-hydrogen) atoms. The average Bonchev–Trinajstić information content (AvgIpc) is 2.71. The number of nitrogens with two attached hydrogens (primary N) is 1. The van der Waals surface area contributed by atoms with Gasteiger partial charge in [-0.15, -0.1) is 11.8 Å². The highest BCUT2D eigenvalue weighted by atomic mass is 32.2. The number of rotatable bonds is 3. The second-order valence-corrected chi connectivity index (χ2v) is 8.07. The molecule has 5 nitrogen and oxygen atoms in total. The van der Waals surface area contributed by atoms with Crippen LogP contribution < -0.4 is 5.73 Å². The molecule has 0 aliphatic carbocycles. The van der Waals surface area contributed by atoms with Crippen molar-refractivity contribution in [2.75, 3.05) is 23.0 Å². The molecule has 1 aliphatic heterocycles. The van der Waals surface area contributed by atoms with Crippen molar-refractivity contribution in [2.45, 2.75) is 30.7 Å². The minimum atomic E-state index is -2.95. The van der Waals surface area contributed by atoms with Crippen LogP contribution in [0.15, 0.2) is 11.1 Å². The zero-order valence-electron chi connectivity index (χ0n) is 10.0. The van der Waals surface area contributed by atoms with Gasteiger partial charge in [0.2, 0.25) is 0 Å². The lowest BCUT2D eigenvalue weighted by Gasteiger charge is -2.24. The van der Waals surface area contributed by atoms with Crippen molar-refractivity contribution < 1.29 is 8.42 Å². The molecule has 0 spiro atoms. The van der Waals surface area contributed by atoms with Gasteiger partial charge in [-0.1, -0.05) is 6.92 Å². The molecule has 7 heteroatoms. The largest absolute Gasteiger partial charge is 0.383 e. The van der Waals surface area contributed by atoms with Crippen molar-refractivity contribution in [3.05, 3.63) is 6.20 Å². The Kier molecular flexibility index (Phi) is 3.15. The number of thioether (sulfide) groups is 1. The Balaban J connectivity index is 2.35. The fraction of sp³-hybridized carbons (Fsp3) is 0.700. The molecule has 1 saturated heterocycles. The third kappa shape index (κ3) is 2.30. The highest BCUT2D eigenvalue weighted by Crippen LogP contribution is 2.35. The highest BCUT2D eigenvalue weighted by molar-refractivity contribution is 7.99. The van der Waals surface area contributed by atoms with Gasteiger partial charge in [0, 0.05) is 0 Å². The zero-order chi connectivity index (χ0) is 12.7. The molecular weight excluding hydrogens is 258 g/mol. The van der Waals surface area contributed by atoms with Crippen LogP contribution in [0.5, 0.6) is 0 Å². The first-order valence-electron chi connectivity index (χ1n) is 5.55. The van der Waals surface area contributed by atoms with Crippen molar-refractivity contribution in [2.24, 2.45) is 0 Å². The van der Waals surface area contributed by atoms with Crippen molar-refractivity contribution in [3.8, 4) is 0 Å². The van der Waals surface area contributed by atoms with E-state index in [1.807, 2.05) is 13.8 Å². The molecule has 2 heterocycles. The third-order valence-electron chi connectivity index (χ3n) is 3.06. The minimum Gasteiger partial charge on any atom is -0.383 e. The summed E-state index contributed by atoms with van der Waals surface area (Å²) in [6.07, 6.45) is 2.30. The second kappa shape index (κ2) is 4.20. The maximum Gasteiger partial charge on any atom is 0.152 e. The standard InChI is InChI=1S/C10H17N3O2S2/c1-3-16-8-6-12-13(9(8)11)10(2)4-5-17(14,15)7-10/h6H,3-5,7,11H2,1-2H3. The Morgan fingerprint density at radius 1 is 1.65 bits per heavy atom. The Bertz CT molecular complexity index is 524. The number of nitrogens with zero attached hydrogens (tertiary/aromatic N) is 2. The maximum atomic E-state index is 11.6. The molecule has 1 fully saturated rings. The van der Waals surface area contributed by atoms with Crippen LogP contribution in [0.25, 0.3) is 0 Å². The summed E-state index contributed by atoms with van der Waals surface area (Å²) in [4.78, 5) is 0.929. The van der Waals surface area contributed by atoms with Crippen LogP contribution in [0.2, 0.25) is 0 Å². The fourth-order valence-corrected chi connectivity index (χ4v) is 4.98. The van der Waals surface area contributed by atoms with Crippen LogP contribution in [-0.2, 0) is 15.4 Å². The third-order valence-corrected chi connectivity index (χ3v) is 5.87. The summed E-state index contributed by atoms with van der Waals surface area (Å²) in [5.74, 6) is 1.85. The smallest absolute Gasteiger partial charge is 0.152 e. The number of hydrogen-bond acceptors (Lipinski definition) is 5. The van der Waals surface area contributed by atoms with Crippen molar-refractivity contribution in [1.29, 1.82) is 0 Å². The molecule has 2 rings (SSSR count). The monoisotopic (exact) mass is 275 g/mol. The number of anilines is 1. The molecule has 0 radical (unpaired) electrons. The first kappa shape index (κ1) is 12.8.